The lowest BCUT2D eigenvalue weighted by atomic mass is 10.1. The number of piperazine rings is 1. The first-order valence-electron chi connectivity index (χ1n) is 6.81. The summed E-state index contributed by atoms with van der Waals surface area (Å²) in [7, 11) is 0. The van der Waals surface area contributed by atoms with Gasteiger partial charge in [0.1, 0.15) is 5.15 Å². The molecule has 2 saturated heterocycles. The molecule has 2 aliphatic rings. The highest BCUT2D eigenvalue weighted by molar-refractivity contribution is 6.29. The van der Waals surface area contributed by atoms with Gasteiger partial charge in [-0.3, -0.25) is 9.80 Å². The summed E-state index contributed by atoms with van der Waals surface area (Å²) in [6.45, 7) is 7.03. The zero-order valence-electron chi connectivity index (χ0n) is 10.8. The summed E-state index contributed by atoms with van der Waals surface area (Å²) in [5.41, 5.74) is 1.27. The third-order valence-electron chi connectivity index (χ3n) is 4.24. The van der Waals surface area contributed by atoms with Crippen LogP contribution in [0.1, 0.15) is 25.3 Å². The van der Waals surface area contributed by atoms with Crippen LogP contribution in [0.5, 0.6) is 0 Å². The van der Waals surface area contributed by atoms with Crippen LogP contribution in [-0.4, -0.2) is 46.5 Å². The summed E-state index contributed by atoms with van der Waals surface area (Å²) in [5, 5.41) is 0.597. The molecule has 0 N–H and O–H groups in total. The van der Waals surface area contributed by atoms with Crippen LogP contribution in [0.15, 0.2) is 18.3 Å². The van der Waals surface area contributed by atoms with Gasteiger partial charge in [0, 0.05) is 37.9 Å². The van der Waals surface area contributed by atoms with Gasteiger partial charge >= 0.3 is 0 Å². The molecule has 18 heavy (non-hydrogen) atoms. The van der Waals surface area contributed by atoms with E-state index in [4.69, 9.17) is 11.6 Å². The summed E-state index contributed by atoms with van der Waals surface area (Å²) in [4.78, 5) is 9.28. The van der Waals surface area contributed by atoms with E-state index in [1.807, 2.05) is 6.07 Å². The molecule has 2 aliphatic heterocycles. The van der Waals surface area contributed by atoms with Gasteiger partial charge in [-0.05, 0) is 44.0 Å². The SMILES string of the molecule is CC1CN2CCCC2CN1Cc1ccnc(Cl)c1. The lowest BCUT2D eigenvalue weighted by Crippen LogP contribution is -2.54. The second-order valence-electron chi connectivity index (χ2n) is 5.56. The van der Waals surface area contributed by atoms with Gasteiger partial charge in [0.15, 0.2) is 0 Å². The number of rotatable bonds is 2. The lowest BCUT2D eigenvalue weighted by molar-refractivity contribution is 0.0540. The van der Waals surface area contributed by atoms with Crippen LogP contribution in [0.3, 0.4) is 0 Å². The molecular formula is C14H20ClN3. The molecule has 0 aromatic carbocycles. The van der Waals surface area contributed by atoms with Crippen LogP contribution in [0.25, 0.3) is 0 Å². The van der Waals surface area contributed by atoms with Crippen molar-refractivity contribution < 1.29 is 0 Å². The minimum Gasteiger partial charge on any atom is -0.298 e. The quantitative estimate of drug-likeness (QED) is 0.766. The summed E-state index contributed by atoms with van der Waals surface area (Å²) in [6, 6.07) is 5.46. The fourth-order valence-corrected chi connectivity index (χ4v) is 3.44. The highest BCUT2D eigenvalue weighted by atomic mass is 35.5. The van der Waals surface area contributed by atoms with E-state index in [0.717, 1.165) is 12.6 Å². The Balaban J connectivity index is 1.68. The van der Waals surface area contributed by atoms with E-state index < -0.39 is 0 Å². The Morgan fingerprint density at radius 2 is 2.33 bits per heavy atom. The van der Waals surface area contributed by atoms with Crippen molar-refractivity contribution in [2.45, 2.75) is 38.4 Å². The predicted octanol–water partition coefficient (Wildman–Crippen LogP) is 2.40. The molecule has 0 amide bonds. The first kappa shape index (κ1) is 12.4. The van der Waals surface area contributed by atoms with Crippen molar-refractivity contribution in [1.29, 1.82) is 0 Å². The molecule has 4 heteroatoms. The molecule has 3 heterocycles. The van der Waals surface area contributed by atoms with E-state index in [2.05, 4.69) is 27.8 Å². The molecule has 0 radical (unpaired) electrons. The van der Waals surface area contributed by atoms with Crippen molar-refractivity contribution in [3.8, 4) is 0 Å². The minimum atomic E-state index is 0.597. The van der Waals surface area contributed by atoms with Crippen molar-refractivity contribution in [1.82, 2.24) is 14.8 Å². The van der Waals surface area contributed by atoms with Crippen molar-refractivity contribution >= 4 is 11.6 Å². The van der Waals surface area contributed by atoms with Crippen LogP contribution in [0, 0.1) is 0 Å². The zero-order valence-corrected chi connectivity index (χ0v) is 11.6. The Labute approximate surface area is 114 Å². The van der Waals surface area contributed by atoms with Crippen LogP contribution >= 0.6 is 11.6 Å². The summed E-state index contributed by atoms with van der Waals surface area (Å²) in [6.07, 6.45) is 4.53. The molecule has 0 bridgehead atoms. The van der Waals surface area contributed by atoms with Gasteiger partial charge in [0.2, 0.25) is 0 Å². The van der Waals surface area contributed by atoms with E-state index >= 15 is 0 Å². The number of halogens is 1. The third kappa shape index (κ3) is 2.53. The van der Waals surface area contributed by atoms with Crippen LogP contribution in [0.2, 0.25) is 5.15 Å². The van der Waals surface area contributed by atoms with E-state index in [9.17, 15) is 0 Å². The second-order valence-corrected chi connectivity index (χ2v) is 5.94. The summed E-state index contributed by atoms with van der Waals surface area (Å²) >= 11 is 5.95. The number of aromatic nitrogens is 1. The smallest absolute Gasteiger partial charge is 0.129 e. The van der Waals surface area contributed by atoms with E-state index in [1.165, 1.54) is 38.0 Å². The summed E-state index contributed by atoms with van der Waals surface area (Å²) < 4.78 is 0. The normalized spacial score (nSPS) is 29.4. The Morgan fingerprint density at radius 3 is 3.17 bits per heavy atom. The molecule has 1 aromatic heterocycles. The fraction of sp³-hybridized carbons (Fsp3) is 0.643. The average molecular weight is 266 g/mol. The Hall–Kier alpha value is -0.640. The molecule has 2 unspecified atom stereocenters. The monoisotopic (exact) mass is 265 g/mol. The maximum Gasteiger partial charge on any atom is 0.129 e. The van der Waals surface area contributed by atoms with Crippen molar-refractivity contribution in [3.63, 3.8) is 0 Å². The Bertz CT molecular complexity index is 423. The fourth-order valence-electron chi connectivity index (χ4n) is 3.24. The van der Waals surface area contributed by atoms with Gasteiger partial charge < -0.3 is 0 Å². The molecule has 98 valence electrons. The highest BCUT2D eigenvalue weighted by Crippen LogP contribution is 2.25. The summed E-state index contributed by atoms with van der Waals surface area (Å²) in [5.74, 6) is 0. The predicted molar refractivity (Wildman–Crippen MR) is 73.7 cm³/mol. The molecule has 1 aromatic rings. The van der Waals surface area contributed by atoms with Gasteiger partial charge in [-0.1, -0.05) is 11.6 Å². The van der Waals surface area contributed by atoms with Gasteiger partial charge in [-0.25, -0.2) is 4.98 Å². The topological polar surface area (TPSA) is 19.4 Å². The number of fused-ring (bicyclic) bond motifs is 1. The molecular weight excluding hydrogens is 246 g/mol. The van der Waals surface area contributed by atoms with E-state index in [-0.39, 0.29) is 0 Å². The standard InChI is InChI=1S/C14H20ClN3/c1-11-8-17-6-2-3-13(17)10-18(11)9-12-4-5-16-14(15)7-12/h4-5,7,11,13H,2-3,6,8-10H2,1H3. The molecule has 3 rings (SSSR count). The second kappa shape index (κ2) is 5.16. The number of nitrogens with zero attached hydrogens (tertiary/aromatic N) is 3. The number of hydrogen-bond donors (Lipinski definition) is 0. The van der Waals surface area contributed by atoms with Gasteiger partial charge in [-0.2, -0.15) is 0 Å². The van der Waals surface area contributed by atoms with Gasteiger partial charge in [-0.15, -0.1) is 0 Å². The molecule has 2 fully saturated rings. The Morgan fingerprint density at radius 1 is 1.44 bits per heavy atom. The largest absolute Gasteiger partial charge is 0.298 e. The Kier molecular flexibility index (Phi) is 3.55. The molecule has 0 aliphatic carbocycles. The maximum atomic E-state index is 5.95. The van der Waals surface area contributed by atoms with Crippen molar-refractivity contribution in [3.05, 3.63) is 29.0 Å². The number of hydrogen-bond acceptors (Lipinski definition) is 3. The van der Waals surface area contributed by atoms with Crippen LogP contribution in [0.4, 0.5) is 0 Å². The first-order valence-corrected chi connectivity index (χ1v) is 7.19. The number of pyridine rings is 1. The average Bonchev–Trinajstić information content (AvgIpc) is 2.76. The molecule has 3 nitrogen and oxygen atoms in total. The lowest BCUT2D eigenvalue weighted by Gasteiger charge is -2.42. The van der Waals surface area contributed by atoms with Crippen LogP contribution in [-0.2, 0) is 6.54 Å². The van der Waals surface area contributed by atoms with E-state index in [0.29, 0.717) is 11.2 Å². The zero-order chi connectivity index (χ0) is 12.5. The first-order chi connectivity index (χ1) is 8.72. The van der Waals surface area contributed by atoms with Crippen LogP contribution < -0.4 is 0 Å². The van der Waals surface area contributed by atoms with Gasteiger partial charge in [0.25, 0.3) is 0 Å². The maximum absolute atomic E-state index is 5.95. The van der Waals surface area contributed by atoms with Gasteiger partial charge in [0.05, 0.1) is 0 Å². The highest BCUT2D eigenvalue weighted by Gasteiger charge is 2.34. The van der Waals surface area contributed by atoms with Crippen molar-refractivity contribution in [2.75, 3.05) is 19.6 Å². The molecule has 0 spiro atoms. The third-order valence-corrected chi connectivity index (χ3v) is 4.45. The minimum absolute atomic E-state index is 0.597. The van der Waals surface area contributed by atoms with Crippen molar-refractivity contribution in [2.24, 2.45) is 0 Å². The molecule has 0 saturated carbocycles. The molecule has 2 atom stereocenters. The van der Waals surface area contributed by atoms with E-state index in [1.54, 1.807) is 6.20 Å².